The van der Waals surface area contributed by atoms with Crippen molar-refractivity contribution in [3.63, 3.8) is 0 Å². The van der Waals surface area contributed by atoms with Gasteiger partial charge < -0.3 is 29.8 Å². The number of aromatic nitrogens is 4. The molecule has 10 nitrogen and oxygen atoms in total. The molecule has 3 aromatic heterocycles. The number of carbonyl (C=O) groups excluding carboxylic acids is 1. The molecule has 0 radical (unpaired) electrons. The number of thiazole rings is 1. The summed E-state index contributed by atoms with van der Waals surface area (Å²) in [5.41, 5.74) is 1.82. The molecular formula is C36H38ClFN6O4S. The van der Waals surface area contributed by atoms with E-state index in [1.54, 1.807) is 38.4 Å². The van der Waals surface area contributed by atoms with Crippen LogP contribution in [0.1, 0.15) is 68.5 Å². The zero-order chi connectivity index (χ0) is 34.8. The third kappa shape index (κ3) is 5.95. The van der Waals surface area contributed by atoms with Gasteiger partial charge in [-0.2, -0.15) is 0 Å². The van der Waals surface area contributed by atoms with Crippen molar-refractivity contribution in [3.8, 4) is 28.3 Å². The molecule has 1 amide bonds. The highest BCUT2D eigenvalue weighted by atomic mass is 35.5. The second-order valence-corrected chi connectivity index (χ2v) is 14.9. The van der Waals surface area contributed by atoms with Crippen molar-refractivity contribution >= 4 is 39.7 Å². The molecule has 1 fully saturated rings. The van der Waals surface area contributed by atoms with Crippen LogP contribution < -0.4 is 10.1 Å². The fourth-order valence-corrected chi connectivity index (χ4v) is 7.78. The van der Waals surface area contributed by atoms with Gasteiger partial charge in [-0.25, -0.2) is 14.4 Å². The van der Waals surface area contributed by atoms with Crippen molar-refractivity contribution in [1.29, 1.82) is 0 Å². The number of carbonyl (C=O) groups is 1. The van der Waals surface area contributed by atoms with Gasteiger partial charge in [-0.1, -0.05) is 25.4 Å². The number of fused-ring (bicyclic) bond motifs is 5. The Kier molecular flexibility index (Phi) is 8.45. The number of halogens is 2. The second-order valence-electron chi connectivity index (χ2n) is 13.4. The minimum Gasteiger partial charge on any atom is -0.483 e. The van der Waals surface area contributed by atoms with Gasteiger partial charge in [0.05, 0.1) is 46.7 Å². The minimum atomic E-state index is -1.13. The molecule has 2 aromatic carbocycles. The second kappa shape index (κ2) is 12.5. The Balaban J connectivity index is 1.25. The summed E-state index contributed by atoms with van der Waals surface area (Å²) < 4.78 is 30.0. The number of methoxy groups -OCH3 is 1. The molecule has 13 heteroatoms. The van der Waals surface area contributed by atoms with Gasteiger partial charge in [-0.15, -0.1) is 11.3 Å². The van der Waals surface area contributed by atoms with Crippen molar-refractivity contribution in [1.82, 2.24) is 29.7 Å². The standard InChI is InChI=1S/C36H38ClFN6O4S/c1-18(2)31(41-19(3)47-6)33(45)43-11-7-8-26(43)32-39-16-24(42-32)20-13-23(38)30-27-14-21-12-22(37)9-10-25(21)44(27)34(48-28(30)15-20)29-17-40-35(49-29)36(4,5)46/h9-10,12-18,26,31,34,41,46H,3,7-8,11H2,1-2,4-6H3,(H,39,42)/t26-,31?,34?/m0/s1. The van der Waals surface area contributed by atoms with Gasteiger partial charge >= 0.3 is 0 Å². The number of imidazole rings is 1. The van der Waals surface area contributed by atoms with Crippen LogP contribution in [0.15, 0.2) is 61.3 Å². The fraction of sp³-hybridized carbons (Fsp3) is 0.361. The molecule has 1 saturated heterocycles. The summed E-state index contributed by atoms with van der Waals surface area (Å²) in [4.78, 5) is 28.8. The van der Waals surface area contributed by atoms with Crippen molar-refractivity contribution in [3.05, 3.63) is 87.8 Å². The summed E-state index contributed by atoms with van der Waals surface area (Å²) in [7, 11) is 1.51. The summed E-state index contributed by atoms with van der Waals surface area (Å²) in [5, 5.41) is 15.7. The molecule has 0 bridgehead atoms. The van der Waals surface area contributed by atoms with Crippen LogP contribution in [0, 0.1) is 11.7 Å². The number of ether oxygens (including phenoxy) is 2. The van der Waals surface area contributed by atoms with Crippen LogP contribution in [0.4, 0.5) is 4.39 Å². The lowest BCUT2D eigenvalue weighted by Crippen LogP contribution is -2.48. The first-order valence-electron chi connectivity index (χ1n) is 16.2. The molecule has 0 saturated carbocycles. The molecule has 5 heterocycles. The summed E-state index contributed by atoms with van der Waals surface area (Å²) in [5.74, 6) is 0.807. The molecule has 7 rings (SSSR count). The predicted molar refractivity (Wildman–Crippen MR) is 188 cm³/mol. The first-order valence-corrected chi connectivity index (χ1v) is 17.4. The van der Waals surface area contributed by atoms with Crippen molar-refractivity contribution in [2.24, 2.45) is 5.92 Å². The van der Waals surface area contributed by atoms with E-state index in [1.807, 2.05) is 41.5 Å². The van der Waals surface area contributed by atoms with Gasteiger partial charge in [0.25, 0.3) is 0 Å². The number of amides is 1. The first-order chi connectivity index (χ1) is 23.3. The zero-order valence-electron chi connectivity index (χ0n) is 27.9. The topological polar surface area (TPSA) is 118 Å². The highest BCUT2D eigenvalue weighted by Gasteiger charge is 2.38. The Morgan fingerprint density at radius 2 is 2.04 bits per heavy atom. The SMILES string of the molecule is C=C(NC(C(=O)N1CCC[C@H]1c1ncc(-c2cc(F)c3c(c2)OC(c2cnc(C(C)(C)O)s2)n2c-3cc3cc(Cl)ccc32)[nH]1)C(C)C)OC. The van der Waals surface area contributed by atoms with Gasteiger partial charge in [-0.3, -0.25) is 9.36 Å². The molecular weight excluding hydrogens is 667 g/mol. The largest absolute Gasteiger partial charge is 0.483 e. The Morgan fingerprint density at radius 3 is 2.76 bits per heavy atom. The summed E-state index contributed by atoms with van der Waals surface area (Å²) >= 11 is 7.69. The van der Waals surface area contributed by atoms with E-state index < -0.39 is 23.7 Å². The van der Waals surface area contributed by atoms with E-state index >= 15 is 4.39 Å². The molecule has 256 valence electrons. The monoisotopic (exact) mass is 704 g/mol. The molecule has 3 atom stereocenters. The first kappa shape index (κ1) is 33.1. The van der Waals surface area contributed by atoms with Gasteiger partial charge in [0.2, 0.25) is 12.1 Å². The van der Waals surface area contributed by atoms with E-state index in [1.165, 1.54) is 24.5 Å². The Hall–Kier alpha value is -4.39. The molecule has 0 aliphatic carbocycles. The van der Waals surface area contributed by atoms with E-state index in [9.17, 15) is 9.90 Å². The molecule has 5 aromatic rings. The molecule has 2 unspecified atom stereocenters. The van der Waals surface area contributed by atoms with Crippen LogP contribution in [-0.4, -0.2) is 55.1 Å². The van der Waals surface area contributed by atoms with Crippen LogP contribution in [0.2, 0.25) is 5.02 Å². The number of aromatic amines is 1. The van der Waals surface area contributed by atoms with E-state index in [2.05, 4.69) is 26.8 Å². The quantitative estimate of drug-likeness (QED) is 0.136. The number of benzene rings is 2. The van der Waals surface area contributed by atoms with Crippen molar-refractivity contribution in [2.75, 3.05) is 13.7 Å². The maximum absolute atomic E-state index is 16.3. The third-order valence-corrected chi connectivity index (χ3v) is 10.7. The lowest BCUT2D eigenvalue weighted by atomic mass is 10.0. The smallest absolute Gasteiger partial charge is 0.246 e. The molecule has 2 aliphatic rings. The van der Waals surface area contributed by atoms with Crippen molar-refractivity contribution < 1.29 is 23.8 Å². The highest BCUT2D eigenvalue weighted by Crippen LogP contribution is 2.48. The van der Waals surface area contributed by atoms with E-state index in [0.717, 1.165) is 28.6 Å². The maximum Gasteiger partial charge on any atom is 0.246 e. The van der Waals surface area contributed by atoms with Crippen LogP contribution in [0.3, 0.4) is 0 Å². The summed E-state index contributed by atoms with van der Waals surface area (Å²) in [6, 6.07) is 9.95. The average Bonchev–Trinajstić information content (AvgIpc) is 3.87. The highest BCUT2D eigenvalue weighted by molar-refractivity contribution is 7.11. The van der Waals surface area contributed by atoms with Gasteiger partial charge in [-0.05, 0) is 75.6 Å². The predicted octanol–water partition coefficient (Wildman–Crippen LogP) is 7.51. The third-order valence-electron chi connectivity index (χ3n) is 9.13. The number of likely N-dealkylation sites (tertiary alicyclic amines) is 1. The number of hydrogen-bond donors (Lipinski definition) is 3. The van der Waals surface area contributed by atoms with E-state index in [0.29, 0.717) is 56.5 Å². The van der Waals surface area contributed by atoms with E-state index in [4.69, 9.17) is 21.1 Å². The van der Waals surface area contributed by atoms with Crippen LogP contribution in [0.25, 0.3) is 33.4 Å². The fourth-order valence-electron chi connectivity index (χ4n) is 6.66. The Labute approximate surface area is 292 Å². The molecule has 49 heavy (non-hydrogen) atoms. The lowest BCUT2D eigenvalue weighted by Gasteiger charge is -2.31. The average molecular weight is 705 g/mol. The number of rotatable bonds is 9. The number of nitrogens with zero attached hydrogens (tertiary/aromatic N) is 4. The number of nitrogens with one attached hydrogen (secondary N) is 2. The number of H-pyrrole nitrogens is 1. The minimum absolute atomic E-state index is 0.00234. The van der Waals surface area contributed by atoms with Gasteiger partial charge in [0, 0.05) is 28.7 Å². The van der Waals surface area contributed by atoms with Gasteiger partial charge in [0.1, 0.15) is 34.0 Å². The van der Waals surface area contributed by atoms with Crippen LogP contribution >= 0.6 is 22.9 Å². The lowest BCUT2D eigenvalue weighted by molar-refractivity contribution is -0.135. The number of aliphatic hydroxyl groups is 1. The zero-order valence-corrected chi connectivity index (χ0v) is 29.5. The van der Waals surface area contributed by atoms with Crippen LogP contribution in [0.5, 0.6) is 5.75 Å². The maximum atomic E-state index is 16.3. The van der Waals surface area contributed by atoms with Crippen molar-refractivity contribution in [2.45, 2.75) is 64.4 Å². The normalized spacial score (nSPS) is 17.9. The molecule has 0 spiro atoms. The van der Waals surface area contributed by atoms with Gasteiger partial charge in [0.15, 0.2) is 5.88 Å². The molecule has 3 N–H and O–H groups in total. The number of hydrogen-bond acceptors (Lipinski definition) is 8. The Morgan fingerprint density at radius 1 is 1.24 bits per heavy atom. The summed E-state index contributed by atoms with van der Waals surface area (Å²) in [6.45, 7) is 11.7. The Bertz CT molecular complexity index is 2080. The summed E-state index contributed by atoms with van der Waals surface area (Å²) in [6.07, 6.45) is 4.27. The molecule has 2 aliphatic heterocycles. The van der Waals surface area contributed by atoms with E-state index in [-0.39, 0.29) is 17.9 Å². The van der Waals surface area contributed by atoms with Crippen LogP contribution in [-0.2, 0) is 15.1 Å².